The van der Waals surface area contributed by atoms with Crippen LogP contribution < -0.4 is 5.32 Å². The van der Waals surface area contributed by atoms with Gasteiger partial charge in [0.25, 0.3) is 0 Å². The van der Waals surface area contributed by atoms with Gasteiger partial charge in [-0.05, 0) is 56.0 Å². The van der Waals surface area contributed by atoms with Crippen LogP contribution in [0.3, 0.4) is 0 Å². The molecule has 0 bridgehead atoms. The van der Waals surface area contributed by atoms with Gasteiger partial charge >= 0.3 is 0 Å². The first kappa shape index (κ1) is 15.6. The van der Waals surface area contributed by atoms with E-state index < -0.39 is 0 Å². The molecule has 20 heavy (non-hydrogen) atoms. The van der Waals surface area contributed by atoms with Gasteiger partial charge in [-0.25, -0.2) is 4.98 Å². The average Bonchev–Trinajstić information content (AvgIpc) is 2.80. The predicted octanol–water partition coefficient (Wildman–Crippen LogP) is 3.40. The minimum atomic E-state index is 0.523. The Balaban J connectivity index is 1.94. The van der Waals surface area contributed by atoms with Crippen LogP contribution in [0.1, 0.15) is 52.3 Å². The Labute approximate surface area is 124 Å². The van der Waals surface area contributed by atoms with Crippen LogP contribution in [0.25, 0.3) is 0 Å². The minimum absolute atomic E-state index is 0.523. The molecule has 1 saturated carbocycles. The van der Waals surface area contributed by atoms with E-state index >= 15 is 0 Å². The first-order chi connectivity index (χ1) is 9.52. The van der Waals surface area contributed by atoms with Crippen molar-refractivity contribution in [1.29, 1.82) is 0 Å². The second-order valence-electron chi connectivity index (χ2n) is 7.23. The van der Waals surface area contributed by atoms with E-state index in [0.717, 1.165) is 24.8 Å². The van der Waals surface area contributed by atoms with Gasteiger partial charge in [0.15, 0.2) is 0 Å². The number of rotatable bonds is 6. The number of aryl methyl sites for hydroxylation is 2. The number of hydrogen-bond donors (Lipinski definition) is 1. The molecule has 1 aliphatic rings. The van der Waals surface area contributed by atoms with Crippen molar-refractivity contribution in [3.63, 3.8) is 0 Å². The van der Waals surface area contributed by atoms with Crippen LogP contribution in [0.15, 0.2) is 12.4 Å². The van der Waals surface area contributed by atoms with Gasteiger partial charge in [-0.3, -0.25) is 0 Å². The molecule has 3 nitrogen and oxygen atoms in total. The van der Waals surface area contributed by atoms with Crippen molar-refractivity contribution in [1.82, 2.24) is 14.9 Å². The summed E-state index contributed by atoms with van der Waals surface area (Å²) in [6.45, 7) is 9.36. The summed E-state index contributed by atoms with van der Waals surface area (Å²) >= 11 is 0. The Hall–Kier alpha value is -0.830. The molecule has 3 heteroatoms. The third kappa shape index (κ3) is 4.08. The van der Waals surface area contributed by atoms with Crippen molar-refractivity contribution in [2.24, 2.45) is 24.3 Å². The summed E-state index contributed by atoms with van der Waals surface area (Å²) < 4.78 is 2.16. The van der Waals surface area contributed by atoms with Crippen LogP contribution in [0.2, 0.25) is 0 Å². The fourth-order valence-electron chi connectivity index (χ4n) is 3.68. The topological polar surface area (TPSA) is 29.9 Å². The monoisotopic (exact) mass is 277 g/mol. The summed E-state index contributed by atoms with van der Waals surface area (Å²) in [4.78, 5) is 4.47. The van der Waals surface area contributed by atoms with Crippen molar-refractivity contribution in [2.45, 2.75) is 52.9 Å². The van der Waals surface area contributed by atoms with Gasteiger partial charge in [-0.15, -0.1) is 0 Å². The van der Waals surface area contributed by atoms with Crippen molar-refractivity contribution < 1.29 is 0 Å². The Morgan fingerprint density at radius 2 is 2.20 bits per heavy atom. The summed E-state index contributed by atoms with van der Waals surface area (Å²) in [5, 5.41) is 3.56. The molecule has 1 aromatic heterocycles. The maximum atomic E-state index is 4.47. The molecule has 2 rings (SSSR count). The molecule has 1 N–H and O–H groups in total. The van der Waals surface area contributed by atoms with Gasteiger partial charge in [-0.1, -0.05) is 20.8 Å². The Morgan fingerprint density at radius 3 is 2.85 bits per heavy atom. The predicted molar refractivity (Wildman–Crippen MR) is 84.7 cm³/mol. The number of nitrogens with one attached hydrogen (secondary N) is 1. The van der Waals surface area contributed by atoms with Crippen molar-refractivity contribution >= 4 is 0 Å². The smallest absolute Gasteiger partial charge is 0.108 e. The summed E-state index contributed by atoms with van der Waals surface area (Å²) in [5.74, 6) is 2.92. The standard InChI is InChI=1S/C17H31N3/c1-5-18-13-15-8-9-17(2,3)12-14(15)6-7-16-19-10-11-20(16)4/h10-11,14-15,18H,5-9,12-13H2,1-4H3. The van der Waals surface area contributed by atoms with Crippen LogP contribution in [0, 0.1) is 17.3 Å². The van der Waals surface area contributed by atoms with E-state index in [2.05, 4.69) is 48.9 Å². The molecule has 0 spiro atoms. The zero-order valence-electron chi connectivity index (χ0n) is 13.7. The van der Waals surface area contributed by atoms with Crippen LogP contribution in [-0.2, 0) is 13.5 Å². The Morgan fingerprint density at radius 1 is 1.40 bits per heavy atom. The third-order valence-corrected chi connectivity index (χ3v) is 4.99. The highest BCUT2D eigenvalue weighted by atomic mass is 15.0. The van der Waals surface area contributed by atoms with Gasteiger partial charge in [0.2, 0.25) is 0 Å². The van der Waals surface area contributed by atoms with Crippen molar-refractivity contribution in [2.75, 3.05) is 13.1 Å². The van der Waals surface area contributed by atoms with Gasteiger partial charge in [-0.2, -0.15) is 0 Å². The molecule has 0 aliphatic heterocycles. The normalized spacial score (nSPS) is 25.8. The largest absolute Gasteiger partial charge is 0.338 e. The number of aromatic nitrogens is 2. The van der Waals surface area contributed by atoms with Crippen LogP contribution in [0.5, 0.6) is 0 Å². The number of imidazole rings is 1. The van der Waals surface area contributed by atoms with Crippen LogP contribution >= 0.6 is 0 Å². The Kier molecular flexibility index (Phi) is 5.25. The SMILES string of the molecule is CCNCC1CCC(C)(C)CC1CCc1nccn1C. The van der Waals surface area contributed by atoms with Crippen LogP contribution in [-0.4, -0.2) is 22.6 Å². The minimum Gasteiger partial charge on any atom is -0.338 e. The first-order valence-electron chi connectivity index (χ1n) is 8.19. The lowest BCUT2D eigenvalue weighted by atomic mass is 9.66. The van der Waals surface area contributed by atoms with Crippen molar-refractivity contribution in [3.8, 4) is 0 Å². The molecule has 0 amide bonds. The lowest BCUT2D eigenvalue weighted by Crippen LogP contribution is -2.36. The summed E-state index contributed by atoms with van der Waals surface area (Å²) in [6, 6.07) is 0. The summed E-state index contributed by atoms with van der Waals surface area (Å²) in [7, 11) is 2.10. The van der Waals surface area contributed by atoms with Gasteiger partial charge < -0.3 is 9.88 Å². The van der Waals surface area contributed by atoms with E-state index in [1.807, 2.05) is 6.20 Å². The van der Waals surface area contributed by atoms with E-state index in [1.165, 1.54) is 38.1 Å². The fraction of sp³-hybridized carbons (Fsp3) is 0.824. The van der Waals surface area contributed by atoms with E-state index in [1.54, 1.807) is 0 Å². The van der Waals surface area contributed by atoms with Gasteiger partial charge in [0.05, 0.1) is 0 Å². The molecule has 2 unspecified atom stereocenters. The fourth-order valence-corrected chi connectivity index (χ4v) is 3.68. The molecular weight excluding hydrogens is 246 g/mol. The van der Waals surface area contributed by atoms with Gasteiger partial charge in [0, 0.05) is 25.9 Å². The van der Waals surface area contributed by atoms with Crippen LogP contribution in [0.4, 0.5) is 0 Å². The molecule has 1 aromatic rings. The van der Waals surface area contributed by atoms with E-state index in [0.29, 0.717) is 5.41 Å². The number of hydrogen-bond acceptors (Lipinski definition) is 2. The molecule has 1 aliphatic carbocycles. The highest BCUT2D eigenvalue weighted by Crippen LogP contribution is 2.43. The molecule has 0 aromatic carbocycles. The third-order valence-electron chi connectivity index (χ3n) is 4.99. The highest BCUT2D eigenvalue weighted by molar-refractivity contribution is 4.93. The number of nitrogens with zero attached hydrogens (tertiary/aromatic N) is 2. The summed E-state index contributed by atoms with van der Waals surface area (Å²) in [5.41, 5.74) is 0.523. The molecule has 2 atom stereocenters. The zero-order chi connectivity index (χ0) is 14.6. The van der Waals surface area contributed by atoms with E-state index in [9.17, 15) is 0 Å². The molecule has 1 fully saturated rings. The maximum Gasteiger partial charge on any atom is 0.108 e. The molecule has 114 valence electrons. The molecule has 1 heterocycles. The Bertz CT molecular complexity index is 408. The second-order valence-corrected chi connectivity index (χ2v) is 7.23. The quantitative estimate of drug-likeness (QED) is 0.863. The lowest BCUT2D eigenvalue weighted by Gasteiger charge is -2.41. The lowest BCUT2D eigenvalue weighted by molar-refractivity contribution is 0.110. The van der Waals surface area contributed by atoms with E-state index in [4.69, 9.17) is 0 Å². The van der Waals surface area contributed by atoms with E-state index in [-0.39, 0.29) is 0 Å². The first-order valence-corrected chi connectivity index (χ1v) is 8.19. The maximum absolute atomic E-state index is 4.47. The molecular formula is C17H31N3. The molecule has 0 radical (unpaired) electrons. The van der Waals surface area contributed by atoms with Crippen molar-refractivity contribution in [3.05, 3.63) is 18.2 Å². The highest BCUT2D eigenvalue weighted by Gasteiger charge is 2.34. The molecule has 0 saturated heterocycles. The average molecular weight is 277 g/mol. The second kappa shape index (κ2) is 6.75. The van der Waals surface area contributed by atoms with Gasteiger partial charge in [0.1, 0.15) is 5.82 Å². The summed E-state index contributed by atoms with van der Waals surface area (Å²) in [6.07, 6.45) is 10.5. The zero-order valence-corrected chi connectivity index (χ0v) is 13.7.